The van der Waals surface area contributed by atoms with Gasteiger partial charge in [-0.15, -0.1) is 0 Å². The summed E-state index contributed by atoms with van der Waals surface area (Å²) in [6, 6.07) is -3.62. The van der Waals surface area contributed by atoms with E-state index < -0.39 is 92.0 Å². The van der Waals surface area contributed by atoms with Gasteiger partial charge in [-0.25, -0.2) is 0 Å². The third-order valence-electron chi connectivity index (χ3n) is 10.0. The van der Waals surface area contributed by atoms with Gasteiger partial charge in [0.2, 0.25) is 5.91 Å². The van der Waals surface area contributed by atoms with Gasteiger partial charge in [0, 0.05) is 31.8 Å². The first kappa shape index (κ1) is 45.2. The van der Waals surface area contributed by atoms with Crippen molar-refractivity contribution in [1.29, 1.82) is 0 Å². The molecule has 14 unspecified atom stereocenters. The first-order chi connectivity index (χ1) is 25.2. The molecular weight excluding hydrogens is 688 g/mol. The molecule has 1 saturated carbocycles. The number of ether oxygens (including phenoxy) is 4. The molecule has 0 bridgehead atoms. The van der Waals surface area contributed by atoms with E-state index in [1.807, 2.05) is 13.0 Å². The van der Waals surface area contributed by atoms with Crippen molar-refractivity contribution in [1.82, 2.24) is 5.32 Å². The van der Waals surface area contributed by atoms with Crippen LogP contribution in [0.3, 0.4) is 0 Å². The largest absolute Gasteiger partial charge is 0.394 e. The van der Waals surface area contributed by atoms with Crippen LogP contribution in [-0.4, -0.2) is 143 Å². The zero-order valence-corrected chi connectivity index (χ0v) is 31.7. The summed E-state index contributed by atoms with van der Waals surface area (Å²) < 4.78 is 23.7. The van der Waals surface area contributed by atoms with Gasteiger partial charge in [0.1, 0.15) is 42.7 Å². The number of nitrogens with two attached hydrogens (primary N) is 4. The molecule has 16 nitrogen and oxygen atoms in total. The molecule has 2 aliphatic heterocycles. The molecule has 2 saturated heterocycles. The number of aliphatic hydroxyl groups is 5. The maximum absolute atomic E-state index is 13.2. The Labute approximate surface area is 313 Å². The first-order valence-corrected chi connectivity index (χ1v) is 18.8. The van der Waals surface area contributed by atoms with Crippen LogP contribution in [0.1, 0.15) is 79.1 Å². The SMILES string of the molecule is CC(C)=CCC/C(C)=C/CC/C(C)=C/C=NCCC(O)C(=O)NC1CC(N)C(OC2OC(CN)CCC2N)C(O)C1OC1OC(CO)C(O)C(N)C1O. The van der Waals surface area contributed by atoms with E-state index in [1.165, 1.54) is 11.1 Å². The zero-order chi connectivity index (χ0) is 39.2. The highest BCUT2D eigenvalue weighted by molar-refractivity contribution is 5.81. The van der Waals surface area contributed by atoms with E-state index in [4.69, 9.17) is 41.9 Å². The van der Waals surface area contributed by atoms with Crippen LogP contribution in [0.5, 0.6) is 0 Å². The van der Waals surface area contributed by atoms with Crippen LogP contribution >= 0.6 is 0 Å². The fourth-order valence-electron chi connectivity index (χ4n) is 6.64. The van der Waals surface area contributed by atoms with Crippen LogP contribution in [0.25, 0.3) is 0 Å². The summed E-state index contributed by atoms with van der Waals surface area (Å²) in [5, 5.41) is 55.9. The maximum Gasteiger partial charge on any atom is 0.249 e. The molecule has 0 aromatic carbocycles. The molecule has 16 heteroatoms. The highest BCUT2D eigenvalue weighted by atomic mass is 16.7. The Morgan fingerprint density at radius 3 is 2.26 bits per heavy atom. The molecule has 1 amide bonds. The predicted molar refractivity (Wildman–Crippen MR) is 200 cm³/mol. The zero-order valence-electron chi connectivity index (χ0n) is 31.7. The molecule has 0 radical (unpaired) electrons. The van der Waals surface area contributed by atoms with Gasteiger partial charge in [0.15, 0.2) is 12.6 Å². The Kier molecular flexibility index (Phi) is 19.1. The van der Waals surface area contributed by atoms with Crippen LogP contribution < -0.4 is 28.3 Å². The van der Waals surface area contributed by atoms with E-state index in [-0.39, 0.29) is 32.0 Å². The number of aliphatic imine (C=N–C) groups is 1. The molecule has 1 aliphatic carbocycles. The van der Waals surface area contributed by atoms with Crippen LogP contribution in [0, 0.1) is 0 Å². The van der Waals surface area contributed by atoms with E-state index in [9.17, 15) is 30.3 Å². The summed E-state index contributed by atoms with van der Waals surface area (Å²) in [4.78, 5) is 17.5. The monoisotopic (exact) mass is 754 g/mol. The molecule has 304 valence electrons. The molecule has 3 aliphatic rings. The summed E-state index contributed by atoms with van der Waals surface area (Å²) in [6.07, 6.45) is 0.994. The van der Waals surface area contributed by atoms with Gasteiger partial charge >= 0.3 is 0 Å². The fourth-order valence-corrected chi connectivity index (χ4v) is 6.64. The quantitative estimate of drug-likeness (QED) is 0.0602. The Morgan fingerprint density at radius 1 is 0.906 bits per heavy atom. The van der Waals surface area contributed by atoms with Gasteiger partial charge in [-0.3, -0.25) is 9.79 Å². The van der Waals surface area contributed by atoms with Gasteiger partial charge < -0.3 is 72.7 Å². The third-order valence-corrected chi connectivity index (χ3v) is 10.0. The molecule has 14 atom stereocenters. The number of nitrogens with one attached hydrogen (secondary N) is 1. The predicted octanol–water partition coefficient (Wildman–Crippen LogP) is -0.868. The van der Waals surface area contributed by atoms with E-state index in [2.05, 4.69) is 43.2 Å². The van der Waals surface area contributed by atoms with Crippen molar-refractivity contribution in [2.24, 2.45) is 27.9 Å². The molecule has 0 spiro atoms. The minimum atomic E-state index is -1.56. The van der Waals surface area contributed by atoms with Crippen molar-refractivity contribution in [3.05, 3.63) is 34.9 Å². The number of allylic oxidation sites excluding steroid dienone is 6. The van der Waals surface area contributed by atoms with E-state index in [1.54, 1.807) is 6.21 Å². The normalized spacial score (nSPS) is 36.4. The smallest absolute Gasteiger partial charge is 0.249 e. The summed E-state index contributed by atoms with van der Waals surface area (Å²) in [7, 11) is 0. The Balaban J connectivity index is 1.63. The van der Waals surface area contributed by atoms with Crippen molar-refractivity contribution in [2.45, 2.75) is 165 Å². The molecule has 0 aromatic rings. The molecule has 0 aromatic heterocycles. The van der Waals surface area contributed by atoms with Crippen molar-refractivity contribution in [3.63, 3.8) is 0 Å². The number of hydrogen-bond donors (Lipinski definition) is 10. The van der Waals surface area contributed by atoms with Gasteiger partial charge in [-0.05, 0) is 78.7 Å². The topological polar surface area (TPSA) is 284 Å². The first-order valence-electron chi connectivity index (χ1n) is 18.8. The van der Waals surface area contributed by atoms with E-state index >= 15 is 0 Å². The van der Waals surface area contributed by atoms with Crippen molar-refractivity contribution in [3.8, 4) is 0 Å². The van der Waals surface area contributed by atoms with Crippen LogP contribution in [-0.2, 0) is 23.7 Å². The highest BCUT2D eigenvalue weighted by Crippen LogP contribution is 2.31. The maximum atomic E-state index is 13.2. The lowest BCUT2D eigenvalue weighted by Crippen LogP contribution is -2.69. The molecule has 53 heavy (non-hydrogen) atoms. The van der Waals surface area contributed by atoms with Gasteiger partial charge in [0.25, 0.3) is 0 Å². The Bertz CT molecular complexity index is 1250. The third kappa shape index (κ3) is 13.8. The van der Waals surface area contributed by atoms with Crippen molar-refractivity contribution >= 4 is 12.1 Å². The number of nitrogens with zero attached hydrogens (tertiary/aromatic N) is 1. The number of hydrogen-bond acceptors (Lipinski definition) is 15. The standard InChI is InChI=1S/C37H66N6O10/c1-20(2)7-5-8-21(3)9-6-10-22(4)13-15-42-16-14-27(45)35(49)43-26-17-25(40)33(52-36-24(39)12-11-23(18-38)50-36)32(48)34(26)53-37-31(47)29(41)30(46)28(19-44)51-37/h7,9,13,15,23-34,36-37,44-48H,5-6,8,10-12,14,16-19,38-41H2,1-4H3,(H,43,49)/b21-9+,22-13+,42-15?. The lowest BCUT2D eigenvalue weighted by Gasteiger charge is -2.48. The Morgan fingerprint density at radius 2 is 1.58 bits per heavy atom. The van der Waals surface area contributed by atoms with Gasteiger partial charge in [0.05, 0.1) is 30.8 Å². The summed E-state index contributed by atoms with van der Waals surface area (Å²) in [6.45, 7) is 8.19. The second-order valence-electron chi connectivity index (χ2n) is 14.9. The van der Waals surface area contributed by atoms with E-state index in [0.717, 1.165) is 31.3 Å². The lowest BCUT2D eigenvalue weighted by molar-refractivity contribution is -0.314. The fraction of sp³-hybridized carbons (Fsp3) is 0.784. The molecule has 3 fully saturated rings. The summed E-state index contributed by atoms with van der Waals surface area (Å²) in [5.41, 5.74) is 28.4. The minimum absolute atomic E-state index is 0.0143. The number of carbonyl (C=O) groups excluding carboxylic acids is 1. The van der Waals surface area contributed by atoms with Crippen LogP contribution in [0.15, 0.2) is 39.9 Å². The average Bonchev–Trinajstić information content (AvgIpc) is 3.11. The van der Waals surface area contributed by atoms with Crippen LogP contribution in [0.2, 0.25) is 0 Å². The highest BCUT2D eigenvalue weighted by Gasteiger charge is 2.51. The minimum Gasteiger partial charge on any atom is -0.394 e. The van der Waals surface area contributed by atoms with Gasteiger partial charge in [-0.1, -0.05) is 28.9 Å². The average molecular weight is 755 g/mol. The number of aliphatic hydroxyl groups excluding tert-OH is 5. The summed E-state index contributed by atoms with van der Waals surface area (Å²) >= 11 is 0. The molecular formula is C37H66N6O10. The second kappa shape index (κ2) is 22.4. The number of carbonyl (C=O) groups is 1. The molecule has 2 heterocycles. The number of rotatable bonds is 18. The lowest BCUT2D eigenvalue weighted by atomic mass is 9.83. The second-order valence-corrected chi connectivity index (χ2v) is 14.9. The van der Waals surface area contributed by atoms with Gasteiger partial charge in [-0.2, -0.15) is 0 Å². The van der Waals surface area contributed by atoms with Crippen LogP contribution in [0.4, 0.5) is 0 Å². The molecule has 14 N–H and O–H groups in total. The summed E-state index contributed by atoms with van der Waals surface area (Å²) in [5.74, 6) is -0.745. The van der Waals surface area contributed by atoms with Crippen molar-refractivity contribution in [2.75, 3.05) is 19.7 Å². The van der Waals surface area contributed by atoms with E-state index in [0.29, 0.717) is 12.8 Å². The Hall–Kier alpha value is -2.16. The van der Waals surface area contributed by atoms with Crippen molar-refractivity contribution < 1.29 is 49.3 Å². The number of amides is 1. The molecule has 3 rings (SSSR count).